The lowest BCUT2D eigenvalue weighted by molar-refractivity contribution is 0.400. The van der Waals surface area contributed by atoms with Gasteiger partial charge in [0.2, 0.25) is 0 Å². The molecule has 0 aliphatic rings. The van der Waals surface area contributed by atoms with E-state index in [4.69, 9.17) is 0 Å². The molecule has 0 aliphatic carbocycles. The minimum Gasteiger partial charge on any atom is -0.308 e. The zero-order chi connectivity index (χ0) is 12.8. The van der Waals surface area contributed by atoms with Gasteiger partial charge < -0.3 is 4.57 Å². The highest BCUT2D eigenvalue weighted by atomic mass is 32.1. The molecule has 0 N–H and O–H groups in total. The lowest BCUT2D eigenvalue weighted by atomic mass is 10.1. The van der Waals surface area contributed by atoms with Crippen LogP contribution < -0.4 is 0 Å². The van der Waals surface area contributed by atoms with Crippen molar-refractivity contribution < 1.29 is 0 Å². The maximum Gasteiger partial charge on any atom is 0.165 e. The molecule has 2 heterocycles. The predicted octanol–water partition coefficient (Wildman–Crippen LogP) is 3.91. The Kier molecular flexibility index (Phi) is 2.48. The minimum atomic E-state index is -0.0120. The number of nitrogens with zero attached hydrogens (tertiary/aromatic N) is 3. The molecule has 0 atom stereocenters. The van der Waals surface area contributed by atoms with Crippen molar-refractivity contribution in [3.63, 3.8) is 0 Å². The highest BCUT2D eigenvalue weighted by molar-refractivity contribution is 7.17. The van der Waals surface area contributed by atoms with Crippen LogP contribution in [0.3, 0.4) is 0 Å². The van der Waals surface area contributed by atoms with Crippen molar-refractivity contribution in [1.82, 2.24) is 14.8 Å². The summed E-state index contributed by atoms with van der Waals surface area (Å²) in [6.45, 7) is 6.48. The van der Waals surface area contributed by atoms with Crippen LogP contribution in [0.15, 0.2) is 36.0 Å². The SMILES string of the molecule is CC(C)(C)n1cnnc1-c1csc2ccccc12. The second-order valence-electron chi connectivity index (χ2n) is 5.34. The van der Waals surface area contributed by atoms with E-state index >= 15 is 0 Å². The molecule has 0 saturated carbocycles. The van der Waals surface area contributed by atoms with Gasteiger partial charge in [-0.1, -0.05) is 18.2 Å². The second-order valence-corrected chi connectivity index (χ2v) is 6.25. The van der Waals surface area contributed by atoms with E-state index in [0.29, 0.717) is 0 Å². The molecule has 2 aromatic heterocycles. The Labute approximate surface area is 110 Å². The normalized spacial score (nSPS) is 12.2. The van der Waals surface area contributed by atoms with Crippen molar-refractivity contribution in [1.29, 1.82) is 0 Å². The van der Waals surface area contributed by atoms with E-state index in [2.05, 4.69) is 65.2 Å². The van der Waals surface area contributed by atoms with Gasteiger partial charge in [0.05, 0.1) is 0 Å². The molecule has 0 bridgehead atoms. The minimum absolute atomic E-state index is 0.0120. The molecular weight excluding hydrogens is 242 g/mol. The first-order valence-electron chi connectivity index (χ1n) is 5.94. The van der Waals surface area contributed by atoms with Crippen LogP contribution in [0.2, 0.25) is 0 Å². The number of fused-ring (bicyclic) bond motifs is 1. The first kappa shape index (κ1) is 11.4. The number of thiophene rings is 1. The Hall–Kier alpha value is -1.68. The highest BCUT2D eigenvalue weighted by Crippen LogP contribution is 2.34. The molecule has 3 aromatic rings. The van der Waals surface area contributed by atoms with Crippen LogP contribution in [0.1, 0.15) is 20.8 Å². The van der Waals surface area contributed by atoms with Crippen LogP contribution in [0.25, 0.3) is 21.5 Å². The number of benzene rings is 1. The summed E-state index contributed by atoms with van der Waals surface area (Å²) in [5.74, 6) is 0.944. The number of aromatic nitrogens is 3. The molecule has 92 valence electrons. The third kappa shape index (κ3) is 1.73. The van der Waals surface area contributed by atoms with Gasteiger partial charge in [0.1, 0.15) is 6.33 Å². The molecule has 0 radical (unpaired) electrons. The smallest absolute Gasteiger partial charge is 0.165 e. The van der Waals surface area contributed by atoms with Crippen molar-refractivity contribution in [2.24, 2.45) is 0 Å². The van der Waals surface area contributed by atoms with Gasteiger partial charge in [-0.3, -0.25) is 0 Å². The van der Waals surface area contributed by atoms with Crippen LogP contribution in [-0.4, -0.2) is 14.8 Å². The average Bonchev–Trinajstić information content (AvgIpc) is 2.93. The van der Waals surface area contributed by atoms with Gasteiger partial charge in [0, 0.05) is 26.6 Å². The van der Waals surface area contributed by atoms with E-state index in [0.717, 1.165) is 5.82 Å². The third-order valence-electron chi connectivity index (χ3n) is 2.99. The summed E-state index contributed by atoms with van der Waals surface area (Å²) in [5.41, 5.74) is 1.16. The van der Waals surface area contributed by atoms with Crippen LogP contribution in [0.4, 0.5) is 0 Å². The Bertz CT molecular complexity index is 688. The molecule has 0 saturated heterocycles. The third-order valence-corrected chi connectivity index (χ3v) is 3.96. The van der Waals surface area contributed by atoms with Crippen LogP contribution in [0.5, 0.6) is 0 Å². The van der Waals surface area contributed by atoms with E-state index in [9.17, 15) is 0 Å². The molecule has 0 amide bonds. The Morgan fingerprint density at radius 3 is 2.72 bits per heavy atom. The van der Waals surface area contributed by atoms with E-state index in [1.54, 1.807) is 11.3 Å². The van der Waals surface area contributed by atoms with Crippen LogP contribution in [0, 0.1) is 0 Å². The fourth-order valence-electron chi connectivity index (χ4n) is 2.06. The van der Waals surface area contributed by atoms with E-state index in [-0.39, 0.29) is 5.54 Å². The van der Waals surface area contributed by atoms with E-state index in [1.807, 2.05) is 6.33 Å². The summed E-state index contributed by atoms with van der Waals surface area (Å²) < 4.78 is 3.41. The van der Waals surface area contributed by atoms with Crippen molar-refractivity contribution >= 4 is 21.4 Å². The Morgan fingerprint density at radius 1 is 1.17 bits per heavy atom. The van der Waals surface area contributed by atoms with Crippen molar-refractivity contribution in [2.45, 2.75) is 26.3 Å². The number of rotatable bonds is 1. The molecule has 0 unspecified atom stereocenters. The fourth-order valence-corrected chi connectivity index (χ4v) is 3.00. The lowest BCUT2D eigenvalue weighted by Gasteiger charge is -2.22. The summed E-state index contributed by atoms with van der Waals surface area (Å²) in [4.78, 5) is 0. The highest BCUT2D eigenvalue weighted by Gasteiger charge is 2.20. The number of hydrogen-bond donors (Lipinski definition) is 0. The van der Waals surface area contributed by atoms with Crippen LogP contribution >= 0.6 is 11.3 Å². The Balaban J connectivity index is 2.25. The van der Waals surface area contributed by atoms with Gasteiger partial charge in [-0.25, -0.2) is 0 Å². The summed E-state index contributed by atoms with van der Waals surface area (Å²) in [7, 11) is 0. The van der Waals surface area contributed by atoms with Crippen molar-refractivity contribution in [3.05, 3.63) is 36.0 Å². The molecule has 0 spiro atoms. The van der Waals surface area contributed by atoms with Gasteiger partial charge in [-0.05, 0) is 26.8 Å². The zero-order valence-electron chi connectivity index (χ0n) is 10.7. The standard InChI is InChI=1S/C14H15N3S/c1-14(2,3)17-9-15-16-13(17)11-8-18-12-7-5-4-6-10(11)12/h4-9H,1-3H3. The lowest BCUT2D eigenvalue weighted by Crippen LogP contribution is -2.21. The fraction of sp³-hybridized carbons (Fsp3) is 0.286. The maximum atomic E-state index is 4.29. The predicted molar refractivity (Wildman–Crippen MR) is 75.8 cm³/mol. The quantitative estimate of drug-likeness (QED) is 0.661. The summed E-state index contributed by atoms with van der Waals surface area (Å²) in [6, 6.07) is 8.41. The average molecular weight is 257 g/mol. The number of hydrogen-bond acceptors (Lipinski definition) is 3. The molecule has 1 aromatic carbocycles. The molecule has 3 rings (SSSR count). The Morgan fingerprint density at radius 2 is 1.94 bits per heavy atom. The van der Waals surface area contributed by atoms with E-state index in [1.165, 1.54) is 15.6 Å². The molecular formula is C14H15N3S. The monoisotopic (exact) mass is 257 g/mol. The zero-order valence-corrected chi connectivity index (χ0v) is 11.5. The topological polar surface area (TPSA) is 30.7 Å². The molecule has 0 fully saturated rings. The molecule has 4 heteroatoms. The van der Waals surface area contributed by atoms with Gasteiger partial charge in [0.15, 0.2) is 5.82 Å². The summed E-state index contributed by atoms with van der Waals surface area (Å²) >= 11 is 1.75. The molecule has 3 nitrogen and oxygen atoms in total. The van der Waals surface area contributed by atoms with Gasteiger partial charge in [-0.15, -0.1) is 21.5 Å². The maximum absolute atomic E-state index is 4.29. The molecule has 0 aliphatic heterocycles. The van der Waals surface area contributed by atoms with Crippen molar-refractivity contribution in [2.75, 3.05) is 0 Å². The second kappa shape index (κ2) is 3.92. The van der Waals surface area contributed by atoms with Gasteiger partial charge >= 0.3 is 0 Å². The summed E-state index contributed by atoms with van der Waals surface area (Å²) in [5, 5.41) is 11.8. The first-order chi connectivity index (χ1) is 8.57. The van der Waals surface area contributed by atoms with Gasteiger partial charge in [-0.2, -0.15) is 0 Å². The largest absolute Gasteiger partial charge is 0.308 e. The summed E-state index contributed by atoms with van der Waals surface area (Å²) in [6.07, 6.45) is 1.81. The molecule has 18 heavy (non-hydrogen) atoms. The first-order valence-corrected chi connectivity index (χ1v) is 6.82. The van der Waals surface area contributed by atoms with Gasteiger partial charge in [0.25, 0.3) is 0 Å². The van der Waals surface area contributed by atoms with Crippen LogP contribution in [-0.2, 0) is 5.54 Å². The van der Waals surface area contributed by atoms with Crippen molar-refractivity contribution in [3.8, 4) is 11.4 Å². The van der Waals surface area contributed by atoms with E-state index < -0.39 is 0 Å².